The first-order valence-electron chi connectivity index (χ1n) is 11.4. The molecule has 7 heteroatoms. The molecule has 3 heterocycles. The molecule has 4 rings (SSSR count). The highest BCUT2D eigenvalue weighted by Gasteiger charge is 2.70. The Morgan fingerprint density at radius 2 is 2.00 bits per heavy atom. The first kappa shape index (κ1) is 22.7. The van der Waals surface area contributed by atoms with E-state index in [0.29, 0.717) is 40.7 Å². The second-order valence-corrected chi connectivity index (χ2v) is 10.1. The zero-order valence-corrected chi connectivity index (χ0v) is 20.3. The molecule has 3 unspecified atom stereocenters. The summed E-state index contributed by atoms with van der Waals surface area (Å²) in [6.45, 7) is 9.18. The number of fused-ring (bicyclic) bond motifs is 2. The van der Waals surface area contributed by atoms with Gasteiger partial charge in [-0.1, -0.05) is 44.9 Å². The van der Waals surface area contributed by atoms with Crippen molar-refractivity contribution in [3.8, 4) is 0 Å². The molecule has 6 nitrogen and oxygen atoms in total. The van der Waals surface area contributed by atoms with E-state index in [1.807, 2.05) is 13.1 Å². The van der Waals surface area contributed by atoms with Crippen LogP contribution in [0, 0.1) is 5.92 Å². The van der Waals surface area contributed by atoms with E-state index in [9.17, 15) is 9.59 Å². The summed E-state index contributed by atoms with van der Waals surface area (Å²) in [5.74, 6) is 0.0750. The van der Waals surface area contributed by atoms with Gasteiger partial charge >= 0.3 is 5.97 Å². The molecule has 2 aliphatic heterocycles. The van der Waals surface area contributed by atoms with E-state index in [2.05, 4.69) is 44.3 Å². The van der Waals surface area contributed by atoms with Crippen molar-refractivity contribution in [3.05, 3.63) is 50.7 Å². The zero-order valence-electron chi connectivity index (χ0n) is 19.5. The van der Waals surface area contributed by atoms with Gasteiger partial charge in [0.2, 0.25) is 0 Å². The van der Waals surface area contributed by atoms with Crippen LogP contribution in [0.15, 0.2) is 29.4 Å². The Bertz CT molecular complexity index is 1070. The number of quaternary nitrogens is 1. The number of carbonyl (C=O) groups is 2. The van der Waals surface area contributed by atoms with Crippen LogP contribution in [-0.2, 0) is 17.7 Å². The molecule has 3 atom stereocenters. The lowest BCUT2D eigenvalue weighted by atomic mass is 10.1. The lowest BCUT2D eigenvalue weighted by Crippen LogP contribution is -2.24. The molecule has 0 bridgehead atoms. The molecule has 1 spiro atoms. The van der Waals surface area contributed by atoms with E-state index in [0.717, 1.165) is 34.1 Å². The van der Waals surface area contributed by atoms with Gasteiger partial charge in [-0.2, -0.15) is 0 Å². The Labute approximate surface area is 193 Å². The third kappa shape index (κ3) is 3.67. The molecule has 1 saturated heterocycles. The number of aryl methyl sites for hydroxylation is 1. The normalized spacial score (nSPS) is 22.9. The molecule has 0 saturated carbocycles. The molecule has 1 aromatic carbocycles. The van der Waals surface area contributed by atoms with E-state index in [1.54, 1.807) is 6.07 Å². The van der Waals surface area contributed by atoms with Gasteiger partial charge in [-0.3, -0.25) is 4.79 Å². The molecule has 32 heavy (non-hydrogen) atoms. The number of nitrogens with one attached hydrogen (secondary N) is 1. The van der Waals surface area contributed by atoms with Crippen LogP contribution in [0.3, 0.4) is 0 Å². The number of ether oxygens (including phenoxy) is 1. The molecule has 2 aromatic rings. The third-order valence-electron chi connectivity index (χ3n) is 6.66. The van der Waals surface area contributed by atoms with E-state index in [1.165, 1.54) is 24.1 Å². The van der Waals surface area contributed by atoms with Gasteiger partial charge < -0.3 is 10.1 Å². The average Bonchev–Trinajstić information content (AvgIpc) is 3.10. The van der Waals surface area contributed by atoms with Gasteiger partial charge in [0, 0.05) is 25.5 Å². The summed E-state index contributed by atoms with van der Waals surface area (Å²) >= 11 is 1.19. The maximum Gasteiger partial charge on any atom is 0.348 e. The molecule has 1 amide bonds. The summed E-state index contributed by atoms with van der Waals surface area (Å²) in [4.78, 5) is 25.9. The fraction of sp³-hybridized carbons (Fsp3) is 0.480. The van der Waals surface area contributed by atoms with E-state index < -0.39 is 5.97 Å². The molecule has 170 valence electrons. The molecular formula is C25H32N3O3S+. The monoisotopic (exact) mass is 454 g/mol. The van der Waals surface area contributed by atoms with Crippen molar-refractivity contribution in [1.82, 2.24) is 9.91 Å². The molecule has 2 aliphatic rings. The van der Waals surface area contributed by atoms with Crippen molar-refractivity contribution in [2.45, 2.75) is 65.6 Å². The second-order valence-electron chi connectivity index (χ2n) is 9.00. The Morgan fingerprint density at radius 1 is 1.22 bits per heavy atom. The molecule has 1 fully saturated rings. The van der Waals surface area contributed by atoms with Crippen LogP contribution < -0.4 is 9.91 Å². The Morgan fingerprint density at radius 3 is 2.66 bits per heavy atom. The molecule has 0 radical (unpaired) electrons. The summed E-state index contributed by atoms with van der Waals surface area (Å²) in [7, 11) is 1.36. The number of esters is 1. The summed E-state index contributed by atoms with van der Waals surface area (Å²) in [6.07, 6.45) is 4.94. The molecular weight excluding hydrogens is 422 g/mol. The lowest BCUT2D eigenvalue weighted by Gasteiger charge is -2.13. The quantitative estimate of drug-likeness (QED) is 0.351. The first-order chi connectivity index (χ1) is 15.4. The summed E-state index contributed by atoms with van der Waals surface area (Å²) in [6, 6.07) is 9.18. The second kappa shape index (κ2) is 8.79. The molecule has 0 aliphatic carbocycles. The van der Waals surface area contributed by atoms with Crippen molar-refractivity contribution in [2.75, 3.05) is 7.11 Å². The fourth-order valence-corrected chi connectivity index (χ4v) is 6.19. The zero-order chi connectivity index (χ0) is 23.0. The highest BCUT2D eigenvalue weighted by Crippen LogP contribution is 2.54. The summed E-state index contributed by atoms with van der Waals surface area (Å²) in [5, 5.41) is 8.02. The number of hydrogen-bond acceptors (Lipinski definition) is 5. The van der Waals surface area contributed by atoms with Gasteiger partial charge in [-0.15, -0.1) is 15.9 Å². The van der Waals surface area contributed by atoms with Gasteiger partial charge in [0.25, 0.3) is 5.91 Å². The maximum absolute atomic E-state index is 12.8. The predicted molar refractivity (Wildman–Crippen MR) is 129 cm³/mol. The minimum atomic E-state index is -0.392. The SMILES string of the molecule is CCc1cc(C(=O)NCc2cccc3c2C=N[N+]32C(CC)C2CC(C)C)sc1C(=O)OC. The maximum atomic E-state index is 12.8. The van der Waals surface area contributed by atoms with Gasteiger partial charge in [0.15, 0.2) is 17.8 Å². The van der Waals surface area contributed by atoms with Gasteiger partial charge in [0.05, 0.1) is 23.8 Å². The van der Waals surface area contributed by atoms with Crippen LogP contribution in [0.1, 0.15) is 76.6 Å². The number of methoxy groups -OCH3 is 1. The minimum Gasteiger partial charge on any atom is -0.465 e. The number of hydrogen-bond donors (Lipinski definition) is 1. The Balaban J connectivity index is 1.52. The van der Waals surface area contributed by atoms with Crippen molar-refractivity contribution in [1.29, 1.82) is 0 Å². The number of rotatable bonds is 8. The highest BCUT2D eigenvalue weighted by atomic mass is 32.1. The van der Waals surface area contributed by atoms with Gasteiger partial charge in [0.1, 0.15) is 4.88 Å². The number of nitrogens with zero attached hydrogens (tertiary/aromatic N) is 2. The number of carbonyl (C=O) groups excluding carboxylic acids is 2. The van der Waals surface area contributed by atoms with E-state index in [-0.39, 0.29) is 5.91 Å². The number of thiophene rings is 1. The van der Waals surface area contributed by atoms with Crippen LogP contribution >= 0.6 is 11.3 Å². The molecule has 1 aromatic heterocycles. The topological polar surface area (TPSA) is 67.8 Å². The van der Waals surface area contributed by atoms with Crippen molar-refractivity contribution >= 4 is 35.1 Å². The Hall–Kier alpha value is -2.51. The number of amides is 1. The first-order valence-corrected chi connectivity index (χ1v) is 12.2. The largest absolute Gasteiger partial charge is 0.465 e. The Kier molecular flexibility index (Phi) is 6.23. The van der Waals surface area contributed by atoms with Crippen LogP contribution in [0.2, 0.25) is 0 Å². The lowest BCUT2D eigenvalue weighted by molar-refractivity contribution is 0.0605. The van der Waals surface area contributed by atoms with Crippen molar-refractivity contribution in [3.63, 3.8) is 0 Å². The predicted octanol–water partition coefficient (Wildman–Crippen LogP) is 4.89. The fourth-order valence-electron chi connectivity index (χ4n) is 5.10. The van der Waals surface area contributed by atoms with Crippen LogP contribution in [-0.4, -0.2) is 37.3 Å². The van der Waals surface area contributed by atoms with Crippen LogP contribution in [0.25, 0.3) is 0 Å². The van der Waals surface area contributed by atoms with E-state index in [4.69, 9.17) is 9.84 Å². The standard InChI is InChI=1S/C25H31N3O3S/c1-6-16-12-22(32-23(16)25(30)31-5)24(29)26-13-17-9-8-10-20-18(17)14-27-28(20)19(7-2)21(28)11-15(3)4/h8-10,12,14-15,19,21H,6-7,11,13H2,1-5H3/p+1. The molecule has 1 N–H and O–H groups in total. The minimum absolute atomic E-state index is 0.174. The number of benzene rings is 1. The summed E-state index contributed by atoms with van der Waals surface area (Å²) < 4.78 is 5.57. The van der Waals surface area contributed by atoms with Crippen LogP contribution in [0.4, 0.5) is 5.69 Å². The highest BCUT2D eigenvalue weighted by molar-refractivity contribution is 7.16. The average molecular weight is 455 g/mol. The van der Waals surface area contributed by atoms with Crippen molar-refractivity contribution in [2.24, 2.45) is 11.0 Å². The van der Waals surface area contributed by atoms with Crippen LogP contribution in [0.5, 0.6) is 0 Å². The van der Waals surface area contributed by atoms with Gasteiger partial charge in [-0.05, 0) is 29.5 Å². The van der Waals surface area contributed by atoms with Crippen molar-refractivity contribution < 1.29 is 14.3 Å². The van der Waals surface area contributed by atoms with E-state index >= 15 is 0 Å². The smallest absolute Gasteiger partial charge is 0.348 e. The summed E-state index contributed by atoms with van der Waals surface area (Å²) in [5.41, 5.74) is 4.30. The van der Waals surface area contributed by atoms with Gasteiger partial charge in [-0.25, -0.2) is 4.79 Å². The third-order valence-corrected chi connectivity index (χ3v) is 7.81.